The van der Waals surface area contributed by atoms with Crippen LogP contribution in [0.25, 0.3) is 0 Å². The third-order valence-electron chi connectivity index (χ3n) is 3.06. The van der Waals surface area contributed by atoms with Crippen molar-refractivity contribution in [2.24, 2.45) is 15.2 Å². The van der Waals surface area contributed by atoms with Gasteiger partial charge in [0.2, 0.25) is 0 Å². The van der Waals surface area contributed by atoms with Gasteiger partial charge in [0.1, 0.15) is 10.6 Å². The summed E-state index contributed by atoms with van der Waals surface area (Å²) in [5.74, 6) is 0. The van der Waals surface area contributed by atoms with Crippen molar-refractivity contribution < 1.29 is 17.9 Å². The Kier molecular flexibility index (Phi) is 4.81. The lowest BCUT2D eigenvalue weighted by molar-refractivity contribution is -0.385. The molecule has 2 aromatic carbocycles. The zero-order valence-corrected chi connectivity index (χ0v) is 13.3. The van der Waals surface area contributed by atoms with Crippen molar-refractivity contribution in [1.29, 1.82) is 0 Å². The molecule has 10 heteroatoms. The van der Waals surface area contributed by atoms with Crippen molar-refractivity contribution in [3.8, 4) is 0 Å². The summed E-state index contributed by atoms with van der Waals surface area (Å²) in [4.78, 5) is 13.0. The molecule has 124 valence electrons. The van der Waals surface area contributed by atoms with Gasteiger partial charge in [-0.2, -0.15) is 13.5 Å². The molecule has 2 aromatic rings. The third kappa shape index (κ3) is 3.86. The van der Waals surface area contributed by atoms with Crippen LogP contribution >= 0.6 is 0 Å². The van der Waals surface area contributed by atoms with E-state index in [-0.39, 0.29) is 5.69 Å². The number of nitrogens with zero attached hydrogens (tertiary/aromatic N) is 4. The Morgan fingerprint density at radius 3 is 2.29 bits per heavy atom. The van der Waals surface area contributed by atoms with Crippen LogP contribution in [0.15, 0.2) is 56.5 Å². The van der Waals surface area contributed by atoms with E-state index in [1.807, 2.05) is 0 Å². The number of rotatable bonds is 5. The molecule has 1 N–H and O–H groups in total. The van der Waals surface area contributed by atoms with Gasteiger partial charge in [0.05, 0.1) is 16.3 Å². The zero-order chi connectivity index (χ0) is 17.9. The van der Waals surface area contributed by atoms with Gasteiger partial charge in [-0.3, -0.25) is 19.7 Å². The predicted molar refractivity (Wildman–Crippen MR) is 87.5 cm³/mol. The number of hydrogen-bond donors (Lipinski definition) is 1. The Labute approximate surface area is 137 Å². The van der Waals surface area contributed by atoms with Gasteiger partial charge in [-0.1, -0.05) is 0 Å². The highest BCUT2D eigenvalue weighted by Gasteiger charge is 2.20. The van der Waals surface area contributed by atoms with Crippen LogP contribution in [0.2, 0.25) is 0 Å². The number of hydrogen-bond acceptors (Lipinski definition) is 7. The summed E-state index contributed by atoms with van der Waals surface area (Å²) in [6, 6.07) is 7.86. The molecular weight excluding hydrogens is 336 g/mol. The Bertz CT molecular complexity index is 954. The first-order valence-electron chi connectivity index (χ1n) is 6.47. The zero-order valence-electron chi connectivity index (χ0n) is 12.4. The van der Waals surface area contributed by atoms with Gasteiger partial charge in [0.25, 0.3) is 15.8 Å². The Balaban J connectivity index is 2.49. The van der Waals surface area contributed by atoms with Crippen molar-refractivity contribution >= 4 is 39.6 Å². The number of benzene rings is 2. The smallest absolute Gasteiger partial charge is 0.282 e. The van der Waals surface area contributed by atoms with E-state index in [0.717, 1.165) is 23.8 Å². The molecule has 0 unspecified atom stereocenters. The second-order valence-corrected chi connectivity index (χ2v) is 6.10. The van der Waals surface area contributed by atoms with E-state index in [9.17, 15) is 23.1 Å². The summed E-state index contributed by atoms with van der Waals surface area (Å²) >= 11 is 0. The molecule has 2 rings (SSSR count). The lowest BCUT2D eigenvalue weighted by atomic mass is 10.2. The topological polar surface area (TPSA) is 135 Å². The van der Waals surface area contributed by atoms with Crippen LogP contribution in [0, 0.1) is 17.0 Å². The number of aliphatic imine (C=N–C) groups is 1. The highest BCUT2D eigenvalue weighted by molar-refractivity contribution is 7.86. The van der Waals surface area contributed by atoms with Crippen LogP contribution in [0.5, 0.6) is 0 Å². The first-order chi connectivity index (χ1) is 11.2. The van der Waals surface area contributed by atoms with Crippen LogP contribution < -0.4 is 0 Å². The fourth-order valence-electron chi connectivity index (χ4n) is 1.86. The molecule has 0 fully saturated rings. The summed E-state index contributed by atoms with van der Waals surface area (Å²) in [6.45, 7) is 5.16. The van der Waals surface area contributed by atoms with Crippen molar-refractivity contribution in [1.82, 2.24) is 0 Å². The Hall–Kier alpha value is -2.98. The largest absolute Gasteiger partial charge is 0.297 e. The van der Waals surface area contributed by atoms with Crippen molar-refractivity contribution in [3.63, 3.8) is 0 Å². The lowest BCUT2D eigenvalue weighted by Gasteiger charge is -2.03. The average Bonchev–Trinajstić information content (AvgIpc) is 2.52. The summed E-state index contributed by atoms with van der Waals surface area (Å²) in [5.41, 5.74) is 1.11. The maximum absolute atomic E-state index is 11.4. The van der Waals surface area contributed by atoms with Crippen LogP contribution in [-0.4, -0.2) is 24.6 Å². The van der Waals surface area contributed by atoms with Gasteiger partial charge in [-0.15, -0.1) is 5.11 Å². The Morgan fingerprint density at radius 2 is 1.75 bits per heavy atom. The summed E-state index contributed by atoms with van der Waals surface area (Å²) in [7, 11) is -4.70. The maximum Gasteiger partial charge on any atom is 0.297 e. The predicted octanol–water partition coefficient (Wildman–Crippen LogP) is 3.90. The average molecular weight is 348 g/mol. The highest BCUT2D eigenvalue weighted by atomic mass is 32.2. The number of aryl methyl sites for hydroxylation is 1. The summed E-state index contributed by atoms with van der Waals surface area (Å²) in [5, 5.41) is 18.4. The molecule has 0 heterocycles. The van der Waals surface area contributed by atoms with E-state index >= 15 is 0 Å². The number of non-ortho nitro benzene ring substituents is 1. The summed E-state index contributed by atoms with van der Waals surface area (Å²) in [6.07, 6.45) is 0. The number of azo groups is 1. The van der Waals surface area contributed by atoms with Crippen molar-refractivity contribution in [2.45, 2.75) is 11.8 Å². The van der Waals surface area contributed by atoms with Crippen LogP contribution in [0.1, 0.15) is 5.56 Å². The summed E-state index contributed by atoms with van der Waals surface area (Å²) < 4.78 is 32.0. The van der Waals surface area contributed by atoms with E-state index in [1.54, 1.807) is 25.1 Å². The minimum atomic E-state index is -4.70. The van der Waals surface area contributed by atoms with Crippen molar-refractivity contribution in [2.75, 3.05) is 0 Å². The first kappa shape index (κ1) is 17.4. The normalized spacial score (nSPS) is 11.6. The Morgan fingerprint density at radius 1 is 1.12 bits per heavy atom. The van der Waals surface area contributed by atoms with E-state index in [2.05, 4.69) is 21.9 Å². The molecule has 0 aromatic heterocycles. The van der Waals surface area contributed by atoms with Gasteiger partial charge in [-0.25, -0.2) is 0 Å². The van der Waals surface area contributed by atoms with Gasteiger partial charge in [0.15, 0.2) is 0 Å². The van der Waals surface area contributed by atoms with E-state index < -0.39 is 25.6 Å². The SMILES string of the molecule is C=Nc1ccc(N=Nc2ccc([N+](=O)[O-])cc2S(=O)(=O)O)c(C)c1. The fourth-order valence-corrected chi connectivity index (χ4v) is 2.51. The first-order valence-corrected chi connectivity index (χ1v) is 7.91. The minimum Gasteiger partial charge on any atom is -0.282 e. The van der Waals surface area contributed by atoms with E-state index in [1.165, 1.54) is 0 Å². The molecule has 0 spiro atoms. The van der Waals surface area contributed by atoms with Crippen LogP contribution in [0.3, 0.4) is 0 Å². The molecule has 24 heavy (non-hydrogen) atoms. The molecule has 0 aliphatic heterocycles. The molecule has 0 aliphatic rings. The molecule has 9 nitrogen and oxygen atoms in total. The van der Waals surface area contributed by atoms with Crippen LogP contribution in [-0.2, 0) is 10.1 Å². The molecule has 0 saturated carbocycles. The monoisotopic (exact) mass is 348 g/mol. The standard InChI is InChI=1S/C14H12N4O5S/c1-9-7-10(15-2)3-5-12(9)16-17-13-6-4-11(18(19)20)8-14(13)24(21,22)23/h3-8H,2H2,1H3,(H,21,22,23). The molecule has 0 amide bonds. The third-order valence-corrected chi connectivity index (χ3v) is 3.94. The fraction of sp³-hybridized carbons (Fsp3) is 0.0714. The molecule has 0 atom stereocenters. The maximum atomic E-state index is 11.4. The van der Waals surface area contributed by atoms with Gasteiger partial charge in [0, 0.05) is 12.1 Å². The van der Waals surface area contributed by atoms with Crippen LogP contribution in [0.4, 0.5) is 22.7 Å². The number of nitro benzene ring substituents is 1. The molecule has 0 aliphatic carbocycles. The second-order valence-electron chi connectivity index (χ2n) is 4.71. The van der Waals surface area contributed by atoms with E-state index in [0.29, 0.717) is 11.4 Å². The molecule has 0 radical (unpaired) electrons. The molecule has 0 bridgehead atoms. The molecular formula is C14H12N4O5S. The highest BCUT2D eigenvalue weighted by Crippen LogP contribution is 2.31. The lowest BCUT2D eigenvalue weighted by Crippen LogP contribution is -2.00. The molecule has 0 saturated heterocycles. The second kappa shape index (κ2) is 6.64. The van der Waals surface area contributed by atoms with E-state index in [4.69, 9.17) is 0 Å². The minimum absolute atomic E-state index is 0.214. The van der Waals surface area contributed by atoms with Gasteiger partial charge in [-0.05, 0) is 43.5 Å². The van der Waals surface area contributed by atoms with Gasteiger partial charge >= 0.3 is 0 Å². The van der Waals surface area contributed by atoms with Crippen molar-refractivity contribution in [3.05, 3.63) is 52.1 Å². The number of nitro groups is 1. The quantitative estimate of drug-likeness (QED) is 0.287. The van der Waals surface area contributed by atoms with Gasteiger partial charge < -0.3 is 0 Å².